The van der Waals surface area contributed by atoms with Crippen LogP contribution in [0, 0.1) is 5.41 Å². The van der Waals surface area contributed by atoms with Crippen LogP contribution in [-0.2, 0) is 4.79 Å². The van der Waals surface area contributed by atoms with Gasteiger partial charge in [-0.05, 0) is 50.4 Å². The van der Waals surface area contributed by atoms with Crippen molar-refractivity contribution in [2.24, 2.45) is 5.41 Å². The Morgan fingerprint density at radius 3 is 2.74 bits per heavy atom. The molecule has 0 spiro atoms. The van der Waals surface area contributed by atoms with Crippen molar-refractivity contribution in [1.82, 2.24) is 5.32 Å². The molecule has 0 saturated heterocycles. The standard InChI is InChI=1S/C15H22BrNO2/c1-11(12-5-4-6-13(16)9-12)10-17-8-7-15(2,3)14(18)19/h4-6,9,11,17H,7-8,10H2,1-3H3,(H,18,19). The van der Waals surface area contributed by atoms with Gasteiger partial charge in [0.05, 0.1) is 5.41 Å². The van der Waals surface area contributed by atoms with Crippen LogP contribution in [0.3, 0.4) is 0 Å². The number of carbonyl (C=O) groups is 1. The molecule has 1 unspecified atom stereocenters. The fraction of sp³-hybridized carbons (Fsp3) is 0.533. The van der Waals surface area contributed by atoms with Crippen LogP contribution in [0.5, 0.6) is 0 Å². The lowest BCUT2D eigenvalue weighted by atomic mass is 9.89. The third kappa shape index (κ3) is 5.33. The lowest BCUT2D eigenvalue weighted by Gasteiger charge is -2.20. The first-order valence-electron chi connectivity index (χ1n) is 6.52. The topological polar surface area (TPSA) is 49.3 Å². The molecule has 0 heterocycles. The number of nitrogens with one attached hydrogen (secondary N) is 1. The minimum absolute atomic E-state index is 0.408. The van der Waals surface area contributed by atoms with Gasteiger partial charge in [0.15, 0.2) is 0 Å². The van der Waals surface area contributed by atoms with E-state index in [4.69, 9.17) is 5.11 Å². The molecule has 0 aromatic heterocycles. The molecule has 1 aromatic rings. The van der Waals surface area contributed by atoms with E-state index in [-0.39, 0.29) is 0 Å². The molecule has 2 N–H and O–H groups in total. The summed E-state index contributed by atoms with van der Waals surface area (Å²) >= 11 is 3.47. The minimum Gasteiger partial charge on any atom is -0.481 e. The third-order valence-corrected chi connectivity index (χ3v) is 3.87. The summed E-state index contributed by atoms with van der Waals surface area (Å²) in [7, 11) is 0. The van der Waals surface area contributed by atoms with Gasteiger partial charge in [-0.2, -0.15) is 0 Å². The molecule has 19 heavy (non-hydrogen) atoms. The zero-order valence-electron chi connectivity index (χ0n) is 11.7. The number of carboxylic acid groups (broad SMARTS) is 1. The van der Waals surface area contributed by atoms with E-state index in [1.54, 1.807) is 13.8 Å². The highest BCUT2D eigenvalue weighted by molar-refractivity contribution is 9.10. The van der Waals surface area contributed by atoms with E-state index in [2.05, 4.69) is 40.3 Å². The Labute approximate surface area is 123 Å². The number of carboxylic acids is 1. The van der Waals surface area contributed by atoms with Crippen LogP contribution < -0.4 is 5.32 Å². The van der Waals surface area contributed by atoms with Gasteiger partial charge >= 0.3 is 5.97 Å². The van der Waals surface area contributed by atoms with Crippen molar-refractivity contribution < 1.29 is 9.90 Å². The summed E-state index contributed by atoms with van der Waals surface area (Å²) in [6.45, 7) is 7.25. The van der Waals surface area contributed by atoms with Gasteiger partial charge in [-0.25, -0.2) is 0 Å². The largest absolute Gasteiger partial charge is 0.481 e. The molecule has 3 nitrogen and oxygen atoms in total. The summed E-state index contributed by atoms with van der Waals surface area (Å²) in [6.07, 6.45) is 0.632. The van der Waals surface area contributed by atoms with Crippen molar-refractivity contribution in [3.63, 3.8) is 0 Å². The summed E-state index contributed by atoms with van der Waals surface area (Å²) < 4.78 is 1.09. The molecule has 106 valence electrons. The van der Waals surface area contributed by atoms with Crippen molar-refractivity contribution in [2.45, 2.75) is 33.1 Å². The van der Waals surface area contributed by atoms with E-state index < -0.39 is 11.4 Å². The first-order valence-corrected chi connectivity index (χ1v) is 7.32. The molecule has 1 aromatic carbocycles. The first-order chi connectivity index (χ1) is 8.83. The maximum atomic E-state index is 11.0. The van der Waals surface area contributed by atoms with E-state index in [0.717, 1.165) is 17.6 Å². The van der Waals surface area contributed by atoms with E-state index in [9.17, 15) is 4.79 Å². The summed E-state index contributed by atoms with van der Waals surface area (Å²) in [4.78, 5) is 11.0. The van der Waals surface area contributed by atoms with Gasteiger partial charge in [-0.3, -0.25) is 4.79 Å². The highest BCUT2D eigenvalue weighted by Crippen LogP contribution is 2.21. The van der Waals surface area contributed by atoms with Gasteiger partial charge in [-0.15, -0.1) is 0 Å². The van der Waals surface area contributed by atoms with Crippen LogP contribution >= 0.6 is 15.9 Å². The summed E-state index contributed by atoms with van der Waals surface area (Å²) in [5, 5.41) is 12.4. The third-order valence-electron chi connectivity index (χ3n) is 3.37. The molecule has 0 fully saturated rings. The second-order valence-corrected chi connectivity index (χ2v) is 6.51. The van der Waals surface area contributed by atoms with Crippen molar-refractivity contribution in [2.75, 3.05) is 13.1 Å². The maximum Gasteiger partial charge on any atom is 0.309 e. The maximum absolute atomic E-state index is 11.0. The Kier molecular flexibility index (Phi) is 6.01. The average molecular weight is 328 g/mol. The molecular formula is C15H22BrNO2. The van der Waals surface area contributed by atoms with Gasteiger partial charge in [0, 0.05) is 11.0 Å². The van der Waals surface area contributed by atoms with Crippen molar-refractivity contribution in [3.8, 4) is 0 Å². The minimum atomic E-state index is -0.741. The molecular weight excluding hydrogens is 306 g/mol. The lowest BCUT2D eigenvalue weighted by molar-refractivity contribution is -0.147. The van der Waals surface area contributed by atoms with Crippen LogP contribution in [0.2, 0.25) is 0 Å². The zero-order chi connectivity index (χ0) is 14.5. The molecule has 1 rings (SSSR count). The van der Waals surface area contributed by atoms with Crippen LogP contribution in [-0.4, -0.2) is 24.2 Å². The predicted molar refractivity (Wildman–Crippen MR) is 81.5 cm³/mol. The smallest absolute Gasteiger partial charge is 0.309 e. The van der Waals surface area contributed by atoms with Gasteiger partial charge in [0.2, 0.25) is 0 Å². The zero-order valence-corrected chi connectivity index (χ0v) is 13.3. The second kappa shape index (κ2) is 7.06. The van der Waals surface area contributed by atoms with Crippen molar-refractivity contribution >= 4 is 21.9 Å². The number of hydrogen-bond acceptors (Lipinski definition) is 2. The van der Waals surface area contributed by atoms with Crippen molar-refractivity contribution in [1.29, 1.82) is 0 Å². The van der Waals surface area contributed by atoms with E-state index in [1.807, 2.05) is 12.1 Å². The molecule has 0 radical (unpaired) electrons. The number of halogens is 1. The number of benzene rings is 1. The summed E-state index contributed by atoms with van der Waals surface area (Å²) in [5.74, 6) is -0.334. The first kappa shape index (κ1) is 16.2. The van der Waals surface area contributed by atoms with Gasteiger partial charge in [-0.1, -0.05) is 35.0 Å². The number of rotatable bonds is 7. The van der Waals surface area contributed by atoms with Crippen LogP contribution in [0.4, 0.5) is 0 Å². The normalized spacial score (nSPS) is 13.3. The summed E-state index contributed by atoms with van der Waals surface area (Å²) in [6, 6.07) is 8.27. The van der Waals surface area contributed by atoms with Crippen LogP contribution in [0.15, 0.2) is 28.7 Å². The number of aliphatic carboxylic acids is 1. The molecule has 0 amide bonds. The fourth-order valence-electron chi connectivity index (χ4n) is 1.76. The molecule has 0 bridgehead atoms. The van der Waals surface area contributed by atoms with Crippen LogP contribution in [0.25, 0.3) is 0 Å². The molecule has 0 saturated carbocycles. The van der Waals surface area contributed by atoms with E-state index in [1.165, 1.54) is 5.56 Å². The molecule has 1 atom stereocenters. The molecule has 0 aliphatic carbocycles. The Bertz CT molecular complexity index is 432. The Morgan fingerprint density at radius 1 is 1.47 bits per heavy atom. The van der Waals surface area contributed by atoms with E-state index in [0.29, 0.717) is 12.3 Å². The highest BCUT2D eigenvalue weighted by atomic mass is 79.9. The molecule has 0 aliphatic rings. The lowest BCUT2D eigenvalue weighted by Crippen LogP contribution is -2.30. The Balaban J connectivity index is 2.36. The Morgan fingerprint density at radius 2 is 2.16 bits per heavy atom. The van der Waals surface area contributed by atoms with E-state index >= 15 is 0 Å². The quantitative estimate of drug-likeness (QED) is 0.751. The fourth-order valence-corrected chi connectivity index (χ4v) is 2.17. The summed E-state index contributed by atoms with van der Waals surface area (Å²) in [5.41, 5.74) is 0.616. The van der Waals surface area contributed by atoms with Crippen LogP contribution in [0.1, 0.15) is 38.7 Å². The van der Waals surface area contributed by atoms with Crippen molar-refractivity contribution in [3.05, 3.63) is 34.3 Å². The monoisotopic (exact) mass is 327 g/mol. The second-order valence-electron chi connectivity index (χ2n) is 5.60. The SMILES string of the molecule is CC(CNCCC(C)(C)C(=O)O)c1cccc(Br)c1. The predicted octanol–water partition coefficient (Wildman–Crippen LogP) is 3.64. The average Bonchev–Trinajstić information content (AvgIpc) is 2.34. The Hall–Kier alpha value is -0.870. The van der Waals surface area contributed by atoms with Gasteiger partial charge < -0.3 is 10.4 Å². The van der Waals surface area contributed by atoms with Gasteiger partial charge in [0.1, 0.15) is 0 Å². The highest BCUT2D eigenvalue weighted by Gasteiger charge is 2.26. The van der Waals surface area contributed by atoms with Gasteiger partial charge in [0.25, 0.3) is 0 Å². The molecule has 4 heteroatoms. The number of hydrogen-bond donors (Lipinski definition) is 2. The molecule has 0 aliphatic heterocycles.